The quantitative estimate of drug-likeness (QED) is 0.825. The number of nitrogens with two attached hydrogens (primary N) is 1. The molecule has 0 aliphatic rings. The first-order valence-electron chi connectivity index (χ1n) is 4.19. The normalized spacial score (nSPS) is 10.4. The molecule has 2 aromatic rings. The first-order chi connectivity index (χ1) is 6.74. The van der Waals surface area contributed by atoms with Gasteiger partial charge in [-0.05, 0) is 17.7 Å². The summed E-state index contributed by atoms with van der Waals surface area (Å²) in [6.45, 7) is 0. The minimum atomic E-state index is 0.411. The lowest BCUT2D eigenvalue weighted by atomic mass is 10.1. The average Bonchev–Trinajstić information content (AvgIpc) is 2.56. The van der Waals surface area contributed by atoms with Gasteiger partial charge < -0.3 is 10.3 Å². The van der Waals surface area contributed by atoms with E-state index in [1.54, 1.807) is 6.07 Å². The second kappa shape index (κ2) is 3.72. The van der Waals surface area contributed by atoms with Gasteiger partial charge in [0.2, 0.25) is 0 Å². The van der Waals surface area contributed by atoms with Gasteiger partial charge in [-0.2, -0.15) is 0 Å². The molecule has 14 heavy (non-hydrogen) atoms. The number of halogens is 1. The Bertz CT molecular complexity index is 422. The van der Waals surface area contributed by atoms with E-state index in [0.717, 1.165) is 16.3 Å². The molecule has 2 rings (SSSR count). The summed E-state index contributed by atoms with van der Waals surface area (Å²) in [6.07, 6.45) is 0.682. The third-order valence-corrected chi connectivity index (χ3v) is 2.12. The van der Waals surface area contributed by atoms with Crippen molar-refractivity contribution in [2.24, 2.45) is 0 Å². The highest BCUT2D eigenvalue weighted by Gasteiger charge is 2.02. The standard InChI is InChI=1S/C10H9ClN2O/c11-8-3-1-7(2-4-8)5-9-6-10(12)13-14-9/h1-4,6H,5H2,(H2,12,13). The van der Waals surface area contributed by atoms with Crippen LogP contribution in [-0.2, 0) is 6.42 Å². The van der Waals surface area contributed by atoms with Crippen LogP contribution in [-0.4, -0.2) is 5.16 Å². The molecule has 0 aliphatic heterocycles. The predicted octanol–water partition coefficient (Wildman–Crippen LogP) is 2.50. The van der Waals surface area contributed by atoms with E-state index in [0.29, 0.717) is 12.2 Å². The zero-order valence-corrected chi connectivity index (χ0v) is 8.16. The molecule has 1 aromatic heterocycles. The van der Waals surface area contributed by atoms with Crippen LogP contribution in [0.4, 0.5) is 5.82 Å². The first-order valence-corrected chi connectivity index (χ1v) is 4.57. The second-order valence-corrected chi connectivity index (χ2v) is 3.46. The van der Waals surface area contributed by atoms with Gasteiger partial charge in [-0.1, -0.05) is 28.9 Å². The zero-order valence-electron chi connectivity index (χ0n) is 7.40. The van der Waals surface area contributed by atoms with Gasteiger partial charge in [-0.25, -0.2) is 0 Å². The van der Waals surface area contributed by atoms with E-state index >= 15 is 0 Å². The van der Waals surface area contributed by atoms with E-state index in [9.17, 15) is 0 Å². The van der Waals surface area contributed by atoms with Crippen molar-refractivity contribution < 1.29 is 4.52 Å². The lowest BCUT2D eigenvalue weighted by Gasteiger charge is -1.96. The highest BCUT2D eigenvalue weighted by Crippen LogP contribution is 2.14. The van der Waals surface area contributed by atoms with Gasteiger partial charge in [0.25, 0.3) is 0 Å². The highest BCUT2D eigenvalue weighted by atomic mass is 35.5. The summed E-state index contributed by atoms with van der Waals surface area (Å²) in [5.41, 5.74) is 6.55. The van der Waals surface area contributed by atoms with Crippen molar-refractivity contribution in [3.63, 3.8) is 0 Å². The molecular formula is C10H9ClN2O. The maximum absolute atomic E-state index is 5.76. The second-order valence-electron chi connectivity index (χ2n) is 3.02. The van der Waals surface area contributed by atoms with Crippen molar-refractivity contribution in [3.8, 4) is 0 Å². The van der Waals surface area contributed by atoms with E-state index < -0.39 is 0 Å². The average molecular weight is 209 g/mol. The van der Waals surface area contributed by atoms with E-state index in [1.807, 2.05) is 24.3 Å². The fraction of sp³-hybridized carbons (Fsp3) is 0.100. The van der Waals surface area contributed by atoms with Gasteiger partial charge in [0.05, 0.1) is 0 Å². The van der Waals surface area contributed by atoms with Crippen molar-refractivity contribution >= 4 is 17.4 Å². The lowest BCUT2D eigenvalue weighted by molar-refractivity contribution is 0.392. The Morgan fingerprint density at radius 2 is 2.00 bits per heavy atom. The van der Waals surface area contributed by atoms with E-state index in [4.69, 9.17) is 21.9 Å². The van der Waals surface area contributed by atoms with Gasteiger partial charge in [-0.15, -0.1) is 0 Å². The highest BCUT2D eigenvalue weighted by molar-refractivity contribution is 6.30. The van der Waals surface area contributed by atoms with E-state index in [1.165, 1.54) is 0 Å². The van der Waals surface area contributed by atoms with Crippen LogP contribution in [0, 0.1) is 0 Å². The molecule has 0 radical (unpaired) electrons. The summed E-state index contributed by atoms with van der Waals surface area (Å²) in [6, 6.07) is 9.30. The molecule has 0 atom stereocenters. The summed E-state index contributed by atoms with van der Waals surface area (Å²) >= 11 is 5.76. The Morgan fingerprint density at radius 3 is 2.57 bits per heavy atom. The SMILES string of the molecule is Nc1cc(Cc2ccc(Cl)cc2)on1. The molecule has 3 nitrogen and oxygen atoms in total. The van der Waals surface area contributed by atoms with Gasteiger partial charge in [0.15, 0.2) is 5.82 Å². The Morgan fingerprint density at radius 1 is 1.29 bits per heavy atom. The molecule has 1 heterocycles. The van der Waals surface area contributed by atoms with E-state index in [2.05, 4.69) is 5.16 Å². The summed E-state index contributed by atoms with van der Waals surface area (Å²) in [4.78, 5) is 0. The molecule has 0 unspecified atom stereocenters. The van der Waals surface area contributed by atoms with Gasteiger partial charge in [0, 0.05) is 17.5 Å². The van der Waals surface area contributed by atoms with Crippen LogP contribution in [0.15, 0.2) is 34.9 Å². The Kier molecular flexibility index (Phi) is 2.41. The number of aromatic nitrogens is 1. The van der Waals surface area contributed by atoms with Crippen LogP contribution in [0.1, 0.15) is 11.3 Å². The smallest absolute Gasteiger partial charge is 0.167 e. The van der Waals surface area contributed by atoms with Crippen molar-refractivity contribution in [1.82, 2.24) is 5.16 Å². The number of hydrogen-bond acceptors (Lipinski definition) is 3. The third kappa shape index (κ3) is 2.06. The molecule has 72 valence electrons. The number of hydrogen-bond donors (Lipinski definition) is 1. The monoisotopic (exact) mass is 208 g/mol. The van der Waals surface area contributed by atoms with Crippen molar-refractivity contribution in [1.29, 1.82) is 0 Å². The minimum absolute atomic E-state index is 0.411. The largest absolute Gasteiger partial charge is 0.381 e. The lowest BCUT2D eigenvalue weighted by Crippen LogP contribution is -1.84. The third-order valence-electron chi connectivity index (χ3n) is 1.87. The first kappa shape index (κ1) is 9.09. The zero-order chi connectivity index (χ0) is 9.97. The number of anilines is 1. The van der Waals surface area contributed by atoms with E-state index in [-0.39, 0.29) is 0 Å². The molecule has 1 aromatic carbocycles. The van der Waals surface area contributed by atoms with Crippen LogP contribution < -0.4 is 5.73 Å². The number of benzene rings is 1. The molecule has 0 saturated carbocycles. The molecule has 0 spiro atoms. The van der Waals surface area contributed by atoms with Crippen molar-refractivity contribution in [2.45, 2.75) is 6.42 Å². The van der Waals surface area contributed by atoms with Gasteiger partial charge in [-0.3, -0.25) is 0 Å². The van der Waals surface area contributed by atoms with Crippen LogP contribution >= 0.6 is 11.6 Å². The van der Waals surface area contributed by atoms with Crippen LogP contribution in [0.3, 0.4) is 0 Å². The van der Waals surface area contributed by atoms with Crippen LogP contribution in [0.25, 0.3) is 0 Å². The summed E-state index contributed by atoms with van der Waals surface area (Å²) in [7, 11) is 0. The number of rotatable bonds is 2. The topological polar surface area (TPSA) is 52.0 Å². The fourth-order valence-corrected chi connectivity index (χ4v) is 1.34. The van der Waals surface area contributed by atoms with Gasteiger partial charge >= 0.3 is 0 Å². The Labute approximate surface area is 86.5 Å². The molecule has 0 fully saturated rings. The Balaban J connectivity index is 2.15. The summed E-state index contributed by atoms with van der Waals surface area (Å²) in [5.74, 6) is 1.17. The van der Waals surface area contributed by atoms with Crippen LogP contribution in [0.5, 0.6) is 0 Å². The fourth-order valence-electron chi connectivity index (χ4n) is 1.22. The maximum Gasteiger partial charge on any atom is 0.167 e. The number of nitrogens with zero attached hydrogens (tertiary/aromatic N) is 1. The molecule has 0 amide bonds. The maximum atomic E-state index is 5.76. The molecule has 2 N–H and O–H groups in total. The summed E-state index contributed by atoms with van der Waals surface area (Å²) in [5, 5.41) is 4.33. The predicted molar refractivity (Wildman–Crippen MR) is 55.2 cm³/mol. The van der Waals surface area contributed by atoms with Gasteiger partial charge in [0.1, 0.15) is 5.76 Å². The minimum Gasteiger partial charge on any atom is -0.381 e. The van der Waals surface area contributed by atoms with Crippen molar-refractivity contribution in [2.75, 3.05) is 5.73 Å². The Hall–Kier alpha value is -1.48. The molecule has 0 aliphatic carbocycles. The van der Waals surface area contributed by atoms with Crippen molar-refractivity contribution in [3.05, 3.63) is 46.7 Å². The molecule has 0 bridgehead atoms. The number of nitrogen functional groups attached to an aromatic ring is 1. The molecule has 4 heteroatoms. The molecule has 0 saturated heterocycles. The van der Waals surface area contributed by atoms with Crippen LogP contribution in [0.2, 0.25) is 5.02 Å². The molecular weight excluding hydrogens is 200 g/mol. The summed E-state index contributed by atoms with van der Waals surface area (Å²) < 4.78 is 4.99.